The summed E-state index contributed by atoms with van der Waals surface area (Å²) in [5.74, 6) is -0.550. The van der Waals surface area contributed by atoms with Gasteiger partial charge in [-0.25, -0.2) is 4.79 Å². The summed E-state index contributed by atoms with van der Waals surface area (Å²) in [5, 5.41) is 15.9. The minimum Gasteiger partial charge on any atom is -0.479 e. The molecule has 1 unspecified atom stereocenters. The number of nitrogens with one attached hydrogen (secondary N) is 1. The van der Waals surface area contributed by atoms with Gasteiger partial charge in [-0.3, -0.25) is 9.89 Å². The molecule has 21 heavy (non-hydrogen) atoms. The molecule has 1 atom stereocenters. The third-order valence-corrected chi connectivity index (χ3v) is 3.70. The quantitative estimate of drug-likeness (QED) is 0.879. The number of carbonyl (C=O) groups excluding carboxylic acids is 1. The molecule has 2 aromatic heterocycles. The van der Waals surface area contributed by atoms with Gasteiger partial charge in [0.05, 0.1) is 12.5 Å². The Morgan fingerprint density at radius 3 is 3.10 bits per heavy atom. The molecule has 0 aliphatic carbocycles. The molecule has 2 aromatic rings. The lowest BCUT2D eigenvalue weighted by molar-refractivity contribution is -0.151. The first kappa shape index (κ1) is 13.4. The molecular formula is C14H15N3O4. The second kappa shape index (κ2) is 5.43. The van der Waals surface area contributed by atoms with Gasteiger partial charge < -0.3 is 14.4 Å². The Kier molecular flexibility index (Phi) is 3.47. The first-order valence-corrected chi connectivity index (χ1v) is 6.73. The van der Waals surface area contributed by atoms with Crippen molar-refractivity contribution < 1.29 is 19.1 Å². The number of carbonyl (C=O) groups is 2. The predicted octanol–water partition coefficient (Wildman–Crippen LogP) is 1.15. The van der Waals surface area contributed by atoms with Crippen molar-refractivity contribution in [1.29, 1.82) is 0 Å². The van der Waals surface area contributed by atoms with Crippen molar-refractivity contribution in [3.63, 3.8) is 0 Å². The first-order chi connectivity index (χ1) is 10.2. The van der Waals surface area contributed by atoms with E-state index in [-0.39, 0.29) is 12.3 Å². The fraction of sp³-hybridized carbons (Fsp3) is 0.357. The van der Waals surface area contributed by atoms with Gasteiger partial charge in [0.15, 0.2) is 6.04 Å². The molecule has 0 aromatic carbocycles. The van der Waals surface area contributed by atoms with Crippen molar-refractivity contribution in [1.82, 2.24) is 15.1 Å². The first-order valence-electron chi connectivity index (χ1n) is 6.73. The number of aryl methyl sites for hydroxylation is 1. The Balaban J connectivity index is 1.74. The summed E-state index contributed by atoms with van der Waals surface area (Å²) in [6.45, 7) is 0.363. The van der Waals surface area contributed by atoms with Crippen molar-refractivity contribution in [3.05, 3.63) is 41.6 Å². The van der Waals surface area contributed by atoms with Crippen molar-refractivity contribution >= 4 is 11.9 Å². The van der Waals surface area contributed by atoms with E-state index in [0.717, 1.165) is 5.56 Å². The van der Waals surface area contributed by atoms with Crippen molar-refractivity contribution in [2.45, 2.75) is 25.3 Å². The fourth-order valence-corrected chi connectivity index (χ4v) is 2.66. The van der Waals surface area contributed by atoms with Gasteiger partial charge in [-0.1, -0.05) is 0 Å². The number of aromatic nitrogens is 2. The molecule has 0 spiro atoms. The van der Waals surface area contributed by atoms with Crippen LogP contribution in [0.15, 0.2) is 29.1 Å². The summed E-state index contributed by atoms with van der Waals surface area (Å²) in [7, 11) is 0. The molecule has 1 aliphatic rings. The zero-order valence-corrected chi connectivity index (χ0v) is 11.3. The number of furan rings is 1. The van der Waals surface area contributed by atoms with Crippen molar-refractivity contribution in [3.8, 4) is 0 Å². The summed E-state index contributed by atoms with van der Waals surface area (Å²) < 4.78 is 5.27. The molecule has 0 bridgehead atoms. The SMILES string of the molecule is O=C(O)C1c2ccoc2CCN1C(=O)CCc1cn[nH]c1. The topological polar surface area (TPSA) is 99.4 Å². The average Bonchev–Trinajstić information content (AvgIpc) is 3.14. The molecule has 0 radical (unpaired) electrons. The summed E-state index contributed by atoms with van der Waals surface area (Å²) in [6, 6.07) is 0.674. The lowest BCUT2D eigenvalue weighted by atomic mass is 9.98. The van der Waals surface area contributed by atoms with E-state index in [2.05, 4.69) is 10.2 Å². The van der Waals surface area contributed by atoms with Gasteiger partial charge in [0, 0.05) is 31.1 Å². The summed E-state index contributed by atoms with van der Waals surface area (Å²) >= 11 is 0. The molecule has 1 aliphatic heterocycles. The molecule has 3 rings (SSSR count). The molecule has 3 heterocycles. The third kappa shape index (κ3) is 2.54. The molecule has 0 fully saturated rings. The number of nitrogens with zero attached hydrogens (tertiary/aromatic N) is 2. The highest BCUT2D eigenvalue weighted by atomic mass is 16.4. The second-order valence-corrected chi connectivity index (χ2v) is 4.98. The number of carboxylic acid groups (broad SMARTS) is 1. The van der Waals surface area contributed by atoms with Gasteiger partial charge in [0.25, 0.3) is 0 Å². The van der Waals surface area contributed by atoms with Crippen LogP contribution in [0.25, 0.3) is 0 Å². The Bertz CT molecular complexity index is 647. The van der Waals surface area contributed by atoms with E-state index in [1.165, 1.54) is 11.2 Å². The van der Waals surface area contributed by atoms with Crippen LogP contribution in [0.3, 0.4) is 0 Å². The predicted molar refractivity (Wildman–Crippen MR) is 71.4 cm³/mol. The number of amides is 1. The van der Waals surface area contributed by atoms with Crippen molar-refractivity contribution in [2.75, 3.05) is 6.54 Å². The van der Waals surface area contributed by atoms with Crippen LogP contribution in [0.4, 0.5) is 0 Å². The van der Waals surface area contributed by atoms with Crippen LogP contribution in [0.5, 0.6) is 0 Å². The van der Waals surface area contributed by atoms with Gasteiger partial charge in [0.1, 0.15) is 5.76 Å². The fourth-order valence-electron chi connectivity index (χ4n) is 2.66. The Morgan fingerprint density at radius 2 is 2.38 bits per heavy atom. The molecule has 0 saturated carbocycles. The Hall–Kier alpha value is -2.57. The van der Waals surface area contributed by atoms with E-state index in [1.54, 1.807) is 18.5 Å². The van der Waals surface area contributed by atoms with Crippen LogP contribution >= 0.6 is 0 Å². The summed E-state index contributed by atoms with van der Waals surface area (Å²) in [4.78, 5) is 25.3. The van der Waals surface area contributed by atoms with Crippen LogP contribution in [-0.4, -0.2) is 38.6 Å². The lowest BCUT2D eigenvalue weighted by Crippen LogP contribution is -2.43. The largest absolute Gasteiger partial charge is 0.479 e. The summed E-state index contributed by atoms with van der Waals surface area (Å²) in [6.07, 6.45) is 6.20. The molecule has 1 amide bonds. The average molecular weight is 289 g/mol. The van der Waals surface area contributed by atoms with E-state index in [1.807, 2.05) is 0 Å². The monoisotopic (exact) mass is 289 g/mol. The Labute approximate surface area is 120 Å². The number of rotatable bonds is 4. The number of carboxylic acids is 1. The summed E-state index contributed by atoms with van der Waals surface area (Å²) in [5.41, 5.74) is 1.50. The van der Waals surface area contributed by atoms with Gasteiger partial charge in [-0.15, -0.1) is 0 Å². The lowest BCUT2D eigenvalue weighted by Gasteiger charge is -2.32. The van der Waals surface area contributed by atoms with E-state index in [9.17, 15) is 14.7 Å². The van der Waals surface area contributed by atoms with Crippen LogP contribution in [0, 0.1) is 0 Å². The van der Waals surface area contributed by atoms with Gasteiger partial charge in [0.2, 0.25) is 5.91 Å². The van der Waals surface area contributed by atoms with Gasteiger partial charge in [-0.2, -0.15) is 5.10 Å². The van der Waals surface area contributed by atoms with Crippen LogP contribution in [0.2, 0.25) is 0 Å². The third-order valence-electron chi connectivity index (χ3n) is 3.70. The molecular weight excluding hydrogens is 274 g/mol. The zero-order chi connectivity index (χ0) is 14.8. The minimum absolute atomic E-state index is 0.171. The standard InChI is InChI=1S/C14H15N3O4/c18-12(2-1-9-7-15-16-8-9)17-5-3-11-10(4-6-21-11)13(17)14(19)20/h4,6-8,13H,1-3,5H2,(H,15,16)(H,19,20). The van der Waals surface area contributed by atoms with Crippen molar-refractivity contribution in [2.24, 2.45) is 0 Å². The van der Waals surface area contributed by atoms with Crippen LogP contribution in [0.1, 0.15) is 29.3 Å². The molecule has 0 saturated heterocycles. The number of H-pyrrole nitrogens is 1. The number of aromatic amines is 1. The van der Waals surface area contributed by atoms with E-state index >= 15 is 0 Å². The van der Waals surface area contributed by atoms with Crippen LogP contribution < -0.4 is 0 Å². The van der Waals surface area contributed by atoms with E-state index < -0.39 is 12.0 Å². The highest BCUT2D eigenvalue weighted by Crippen LogP contribution is 2.31. The van der Waals surface area contributed by atoms with E-state index in [4.69, 9.17) is 4.42 Å². The Morgan fingerprint density at radius 1 is 1.52 bits per heavy atom. The second-order valence-electron chi connectivity index (χ2n) is 4.98. The number of fused-ring (bicyclic) bond motifs is 1. The molecule has 2 N–H and O–H groups in total. The maximum absolute atomic E-state index is 12.3. The minimum atomic E-state index is -1.03. The number of aliphatic carboxylic acids is 1. The van der Waals surface area contributed by atoms with Crippen LogP contribution in [-0.2, 0) is 22.4 Å². The number of hydrogen-bond donors (Lipinski definition) is 2. The normalized spacial score (nSPS) is 17.5. The number of hydrogen-bond acceptors (Lipinski definition) is 4. The van der Waals surface area contributed by atoms with Gasteiger partial charge >= 0.3 is 5.97 Å². The highest BCUT2D eigenvalue weighted by Gasteiger charge is 2.37. The van der Waals surface area contributed by atoms with Gasteiger partial charge in [-0.05, 0) is 18.1 Å². The maximum atomic E-state index is 12.3. The molecule has 7 nitrogen and oxygen atoms in total. The molecule has 7 heteroatoms. The maximum Gasteiger partial charge on any atom is 0.331 e. The highest BCUT2D eigenvalue weighted by molar-refractivity contribution is 5.85. The smallest absolute Gasteiger partial charge is 0.331 e. The van der Waals surface area contributed by atoms with E-state index in [0.29, 0.717) is 30.7 Å². The molecule has 110 valence electrons. The zero-order valence-electron chi connectivity index (χ0n) is 11.3.